The minimum atomic E-state index is 0.341. The molecule has 230 valence electrons. The van der Waals surface area contributed by atoms with Crippen molar-refractivity contribution in [2.75, 3.05) is 13.1 Å². The summed E-state index contributed by atoms with van der Waals surface area (Å²) in [6, 6.07) is 19.6. The number of likely N-dealkylation sites (tertiary alicyclic amines) is 1. The van der Waals surface area contributed by atoms with E-state index in [9.17, 15) is 4.79 Å². The molecule has 1 aliphatic heterocycles. The second-order valence-electron chi connectivity index (χ2n) is 14.4. The number of carbonyl (C=O) groups excluding carboxylic acids is 1. The van der Waals surface area contributed by atoms with Gasteiger partial charge in [0.05, 0.1) is 0 Å². The molecule has 3 fully saturated rings. The van der Waals surface area contributed by atoms with Gasteiger partial charge in [-0.1, -0.05) is 138 Å². The molecule has 3 aliphatic rings. The summed E-state index contributed by atoms with van der Waals surface area (Å²) < 4.78 is 0. The monoisotopic (exact) mass is 569 g/mol. The Morgan fingerprint density at radius 3 is 1.95 bits per heavy atom. The fourth-order valence-electron chi connectivity index (χ4n) is 8.48. The first-order chi connectivity index (χ1) is 20.7. The standard InChI is InChI=1S/C40H59NO/c42-40(19-10-18-35-22-20-34(21-23-35)17-9-16-33-11-3-1-4-12-33)39-26-24-38(25-27-39)32-41-29-8-7-15-37(28-30-41)31-36-13-5-2-6-14-36/h1,3-4,11-12,24-27,34-37H,2,5-10,13-23,28-32H2. The van der Waals surface area contributed by atoms with Crippen molar-refractivity contribution in [2.45, 2.75) is 135 Å². The number of carbonyl (C=O) groups is 1. The highest BCUT2D eigenvalue weighted by Crippen LogP contribution is 2.35. The lowest BCUT2D eigenvalue weighted by Gasteiger charge is -2.31. The highest BCUT2D eigenvalue weighted by molar-refractivity contribution is 5.96. The first-order valence-electron chi connectivity index (χ1n) is 18.1. The quantitative estimate of drug-likeness (QED) is 0.224. The van der Waals surface area contributed by atoms with Gasteiger partial charge in [0.25, 0.3) is 0 Å². The molecule has 1 unspecified atom stereocenters. The minimum Gasteiger partial charge on any atom is -0.299 e. The van der Waals surface area contributed by atoms with E-state index >= 15 is 0 Å². The normalized spacial score (nSPS) is 24.6. The van der Waals surface area contributed by atoms with Crippen LogP contribution in [0.15, 0.2) is 54.6 Å². The molecule has 0 spiro atoms. The maximum atomic E-state index is 12.9. The molecule has 2 aliphatic carbocycles. The topological polar surface area (TPSA) is 20.3 Å². The molecule has 42 heavy (non-hydrogen) atoms. The van der Waals surface area contributed by atoms with Crippen molar-refractivity contribution < 1.29 is 4.79 Å². The third-order valence-electron chi connectivity index (χ3n) is 11.2. The summed E-state index contributed by atoms with van der Waals surface area (Å²) in [4.78, 5) is 15.6. The third-order valence-corrected chi connectivity index (χ3v) is 11.2. The Hall–Kier alpha value is -1.93. The molecule has 0 bridgehead atoms. The third kappa shape index (κ3) is 10.7. The summed E-state index contributed by atoms with van der Waals surface area (Å²) in [5.74, 6) is 4.05. The predicted molar refractivity (Wildman–Crippen MR) is 178 cm³/mol. The molecule has 1 heterocycles. The van der Waals surface area contributed by atoms with Crippen molar-refractivity contribution in [3.05, 3.63) is 71.3 Å². The molecule has 2 heteroatoms. The van der Waals surface area contributed by atoms with Crippen LogP contribution in [-0.4, -0.2) is 23.8 Å². The lowest BCUT2D eigenvalue weighted by Crippen LogP contribution is -2.29. The summed E-state index contributed by atoms with van der Waals surface area (Å²) in [5, 5.41) is 0. The van der Waals surface area contributed by atoms with Crippen LogP contribution in [0.4, 0.5) is 0 Å². The molecule has 0 radical (unpaired) electrons. The number of nitrogens with zero attached hydrogens (tertiary/aromatic N) is 1. The number of Topliss-reactive ketones (excluding diaryl/α,β-unsaturated/α-hetero) is 1. The van der Waals surface area contributed by atoms with E-state index in [1.54, 1.807) is 0 Å². The van der Waals surface area contributed by atoms with Gasteiger partial charge in [-0.3, -0.25) is 9.69 Å². The van der Waals surface area contributed by atoms with Crippen LogP contribution < -0.4 is 0 Å². The van der Waals surface area contributed by atoms with Crippen LogP contribution in [0.1, 0.15) is 143 Å². The maximum Gasteiger partial charge on any atom is 0.162 e. The molecule has 1 atom stereocenters. The van der Waals surface area contributed by atoms with Crippen LogP contribution in [0, 0.1) is 23.7 Å². The van der Waals surface area contributed by atoms with Crippen molar-refractivity contribution in [1.82, 2.24) is 4.90 Å². The zero-order valence-electron chi connectivity index (χ0n) is 26.6. The number of rotatable bonds is 13. The van der Waals surface area contributed by atoms with Crippen LogP contribution in [0.5, 0.6) is 0 Å². The van der Waals surface area contributed by atoms with Crippen molar-refractivity contribution in [2.24, 2.45) is 23.7 Å². The fraction of sp³-hybridized carbons (Fsp3) is 0.675. The van der Waals surface area contributed by atoms with Gasteiger partial charge < -0.3 is 0 Å². The fourth-order valence-corrected chi connectivity index (χ4v) is 8.48. The molecule has 1 saturated heterocycles. The van der Waals surface area contributed by atoms with Gasteiger partial charge in [-0.2, -0.15) is 0 Å². The molecule has 2 aromatic carbocycles. The average molecular weight is 570 g/mol. The molecule has 2 nitrogen and oxygen atoms in total. The minimum absolute atomic E-state index is 0.341. The van der Waals surface area contributed by atoms with Crippen molar-refractivity contribution in [3.63, 3.8) is 0 Å². The highest BCUT2D eigenvalue weighted by Gasteiger charge is 2.22. The Balaban J connectivity index is 0.955. The number of ketones is 1. The first-order valence-corrected chi connectivity index (χ1v) is 18.1. The van der Waals surface area contributed by atoms with E-state index in [0.29, 0.717) is 12.2 Å². The van der Waals surface area contributed by atoms with Gasteiger partial charge in [-0.05, 0) is 86.4 Å². The average Bonchev–Trinajstić information content (AvgIpc) is 3.02. The predicted octanol–water partition coefficient (Wildman–Crippen LogP) is 10.8. The Kier molecular flexibility index (Phi) is 13.0. The number of benzene rings is 2. The largest absolute Gasteiger partial charge is 0.299 e. The second kappa shape index (κ2) is 17.4. The van der Waals surface area contributed by atoms with Crippen LogP contribution >= 0.6 is 0 Å². The molecular formula is C40H59NO. The lowest BCUT2D eigenvalue weighted by molar-refractivity contribution is 0.0975. The molecule has 0 N–H and O–H groups in total. The summed E-state index contributed by atoms with van der Waals surface area (Å²) >= 11 is 0. The van der Waals surface area contributed by atoms with Crippen LogP contribution in [-0.2, 0) is 13.0 Å². The van der Waals surface area contributed by atoms with E-state index in [-0.39, 0.29) is 0 Å². The SMILES string of the molecule is O=C(CCCC1CCC(CCCc2ccccc2)CC1)c1ccc(CN2CCCCC(CC3CCCCC3)CC2)cc1. The van der Waals surface area contributed by atoms with E-state index < -0.39 is 0 Å². The summed E-state index contributed by atoms with van der Waals surface area (Å²) in [6.07, 6.45) is 26.9. The molecule has 2 aromatic rings. The molecule has 0 aromatic heterocycles. The van der Waals surface area contributed by atoms with Gasteiger partial charge in [0, 0.05) is 18.5 Å². The molecule has 2 saturated carbocycles. The Morgan fingerprint density at radius 1 is 0.595 bits per heavy atom. The van der Waals surface area contributed by atoms with E-state index in [2.05, 4.69) is 59.5 Å². The zero-order chi connectivity index (χ0) is 28.8. The summed E-state index contributed by atoms with van der Waals surface area (Å²) in [7, 11) is 0. The number of hydrogen-bond acceptors (Lipinski definition) is 2. The van der Waals surface area contributed by atoms with E-state index in [0.717, 1.165) is 42.2 Å². The zero-order valence-corrected chi connectivity index (χ0v) is 26.6. The highest BCUT2D eigenvalue weighted by atomic mass is 16.1. The van der Waals surface area contributed by atoms with Gasteiger partial charge in [0.1, 0.15) is 0 Å². The number of aryl methyl sites for hydroxylation is 1. The van der Waals surface area contributed by atoms with Crippen LogP contribution in [0.2, 0.25) is 0 Å². The van der Waals surface area contributed by atoms with Crippen molar-refractivity contribution in [3.8, 4) is 0 Å². The van der Waals surface area contributed by atoms with Crippen molar-refractivity contribution >= 4 is 5.78 Å². The van der Waals surface area contributed by atoms with Crippen molar-refractivity contribution in [1.29, 1.82) is 0 Å². The number of hydrogen-bond donors (Lipinski definition) is 0. The molecule has 0 amide bonds. The second-order valence-corrected chi connectivity index (χ2v) is 14.4. The van der Waals surface area contributed by atoms with Gasteiger partial charge in [0.15, 0.2) is 5.78 Å². The Labute approximate surface area is 258 Å². The van der Waals surface area contributed by atoms with Gasteiger partial charge in [0.2, 0.25) is 0 Å². The molecular weight excluding hydrogens is 510 g/mol. The lowest BCUT2D eigenvalue weighted by atomic mass is 9.78. The van der Waals surface area contributed by atoms with E-state index in [1.807, 2.05) is 0 Å². The van der Waals surface area contributed by atoms with Gasteiger partial charge >= 0.3 is 0 Å². The Bertz CT molecular complexity index is 1020. The van der Waals surface area contributed by atoms with Gasteiger partial charge in [-0.25, -0.2) is 0 Å². The summed E-state index contributed by atoms with van der Waals surface area (Å²) in [6.45, 7) is 3.51. The smallest absolute Gasteiger partial charge is 0.162 e. The molecule has 5 rings (SSSR count). The summed E-state index contributed by atoms with van der Waals surface area (Å²) in [5.41, 5.74) is 3.77. The Morgan fingerprint density at radius 2 is 1.24 bits per heavy atom. The van der Waals surface area contributed by atoms with E-state index in [4.69, 9.17) is 0 Å². The van der Waals surface area contributed by atoms with Crippen LogP contribution in [0.3, 0.4) is 0 Å². The van der Waals surface area contributed by atoms with Crippen LogP contribution in [0.25, 0.3) is 0 Å². The van der Waals surface area contributed by atoms with Gasteiger partial charge in [-0.15, -0.1) is 0 Å². The maximum absolute atomic E-state index is 12.9. The first kappa shape index (κ1) is 31.5. The van der Waals surface area contributed by atoms with E-state index in [1.165, 1.54) is 140 Å².